The van der Waals surface area contributed by atoms with Crippen molar-refractivity contribution in [2.45, 2.75) is 187 Å². The van der Waals surface area contributed by atoms with Crippen molar-refractivity contribution in [1.29, 1.82) is 0 Å². The smallest absolute Gasteiger partial charge is 0.311 e. The fraction of sp³-hybridized carbons (Fsp3) is 0.907. The fourth-order valence-corrected chi connectivity index (χ4v) is 10.6. The molecule has 4 rings (SSSR count). The van der Waals surface area contributed by atoms with Gasteiger partial charge in [0.25, 0.3) is 0 Å². The van der Waals surface area contributed by atoms with E-state index in [1.165, 1.54) is 14.0 Å². The van der Waals surface area contributed by atoms with Gasteiger partial charge in [-0.05, 0) is 73.9 Å². The lowest BCUT2D eigenvalue weighted by molar-refractivity contribution is -0.320. The Hall–Kier alpha value is -2.04. The van der Waals surface area contributed by atoms with Crippen molar-refractivity contribution in [2.75, 3.05) is 28.3 Å². The summed E-state index contributed by atoms with van der Waals surface area (Å²) in [5.74, 6) is -3.95. The summed E-state index contributed by atoms with van der Waals surface area (Å²) < 4.78 is 51.0. The molecular formula is C43H73NO13. The van der Waals surface area contributed by atoms with Gasteiger partial charge in [-0.1, -0.05) is 34.6 Å². The second-order valence-electron chi connectivity index (χ2n) is 18.6. The highest BCUT2D eigenvalue weighted by Gasteiger charge is 2.56. The van der Waals surface area contributed by atoms with Crippen molar-refractivity contribution in [3.63, 3.8) is 0 Å². The monoisotopic (exact) mass is 812 g/mol. The molecular weight excluding hydrogens is 738 g/mol. The molecule has 0 aromatic rings. The normalized spacial score (nSPS) is 46.6. The molecule has 3 heterocycles. The number of aliphatic hydroxyl groups excluding tert-OH is 1. The summed E-state index contributed by atoms with van der Waals surface area (Å²) in [4.78, 5) is 56.3. The summed E-state index contributed by atoms with van der Waals surface area (Å²) in [6.07, 6.45) is -5.38. The minimum atomic E-state index is -1.19. The zero-order valence-electron chi connectivity index (χ0n) is 37.2. The van der Waals surface area contributed by atoms with Gasteiger partial charge in [0, 0.05) is 69.6 Å². The number of ketones is 2. The highest BCUT2D eigenvalue weighted by atomic mass is 16.7. The first-order chi connectivity index (χ1) is 26.5. The van der Waals surface area contributed by atoms with Crippen LogP contribution >= 0.6 is 0 Å². The second kappa shape index (κ2) is 18.7. The molecule has 3 saturated heterocycles. The van der Waals surface area contributed by atoms with Gasteiger partial charge in [0.15, 0.2) is 18.7 Å². The number of hydrogen-bond donors (Lipinski definition) is 1. The molecule has 18 atom stereocenters. The standard InChI is InChI=1S/C43H73NO13/c1-16-32-41(9)20-29(46)18-30(41)24(4)34(47)22(2)19-42(10,50-14)37(57-40-35(48)31(44(12)13)17-23(3)52-40)25(5)36(26(6)39(49)55-32)56-33-21-43(11,51-15)38(27(7)53-33)54-28(8)45/h22-27,30-33,35-38,40,48H,16-21H2,1-15H3/t22-,23-,24-,25+,26-,27+,30-,31+,32-,33?,35-,36?,37-,38+,40+,41+,42-,43?/m1/s1. The molecule has 328 valence electrons. The minimum Gasteiger partial charge on any atom is -0.461 e. The van der Waals surface area contributed by atoms with Gasteiger partial charge in [-0.15, -0.1) is 0 Å². The van der Waals surface area contributed by atoms with E-state index < -0.39 is 101 Å². The van der Waals surface area contributed by atoms with Crippen LogP contribution in [-0.2, 0) is 57.1 Å². The van der Waals surface area contributed by atoms with Gasteiger partial charge in [0.05, 0.1) is 35.9 Å². The number of carbonyl (C=O) groups is 4. The molecule has 1 aliphatic carbocycles. The molecule has 4 aliphatic rings. The molecule has 4 fully saturated rings. The van der Waals surface area contributed by atoms with E-state index in [9.17, 15) is 24.3 Å². The maximum absolute atomic E-state index is 14.6. The Kier molecular flexibility index (Phi) is 15.6. The summed E-state index contributed by atoms with van der Waals surface area (Å²) in [6, 6.07) is -0.271. The number of rotatable bonds is 9. The largest absolute Gasteiger partial charge is 0.461 e. The van der Waals surface area contributed by atoms with E-state index in [0.717, 1.165) is 0 Å². The lowest BCUT2D eigenvalue weighted by Crippen LogP contribution is -2.61. The SMILES string of the molecule is CC[C@H]1OC(=O)[C@H](C)C(OC2CC(C)(OC)[C@@H](OC(C)=O)[C@H](C)O2)[C@H](C)[C@@H](O[C@@H]2O[C@H](C)C[C@H](N(C)C)[C@H]2O)[C@](C)(OC)C[C@@H](C)C(=O)[C@H](C)[C@H]2CC(=O)C[C@@]21C. The van der Waals surface area contributed by atoms with Crippen LogP contribution in [0.1, 0.15) is 115 Å². The van der Waals surface area contributed by atoms with Crippen LogP contribution in [0.2, 0.25) is 0 Å². The van der Waals surface area contributed by atoms with Crippen LogP contribution in [0.25, 0.3) is 0 Å². The molecule has 14 heteroatoms. The number of fused-ring (bicyclic) bond motifs is 1. The maximum Gasteiger partial charge on any atom is 0.311 e. The number of hydrogen-bond acceptors (Lipinski definition) is 14. The third-order valence-electron chi connectivity index (χ3n) is 14.0. The number of carbonyl (C=O) groups excluding carboxylic acids is 4. The van der Waals surface area contributed by atoms with E-state index in [0.29, 0.717) is 12.8 Å². The lowest BCUT2D eigenvalue weighted by Gasteiger charge is -2.50. The van der Waals surface area contributed by atoms with E-state index in [-0.39, 0.29) is 55.3 Å². The number of nitrogens with zero attached hydrogens (tertiary/aromatic N) is 1. The van der Waals surface area contributed by atoms with Gasteiger partial charge < -0.3 is 47.9 Å². The van der Waals surface area contributed by atoms with Gasteiger partial charge in [0.2, 0.25) is 0 Å². The average Bonchev–Trinajstić information content (AvgIpc) is 3.46. The number of cyclic esters (lactones) is 1. The molecule has 1 saturated carbocycles. The van der Waals surface area contributed by atoms with Gasteiger partial charge in [-0.2, -0.15) is 0 Å². The first-order valence-electron chi connectivity index (χ1n) is 21.0. The lowest BCUT2D eigenvalue weighted by atomic mass is 9.66. The van der Waals surface area contributed by atoms with Crippen LogP contribution in [0, 0.1) is 35.0 Å². The van der Waals surface area contributed by atoms with Crippen LogP contribution in [0.3, 0.4) is 0 Å². The Morgan fingerprint density at radius 1 is 0.895 bits per heavy atom. The topological polar surface area (TPSA) is 166 Å². The molecule has 0 amide bonds. The van der Waals surface area contributed by atoms with Crippen LogP contribution in [-0.4, -0.2) is 134 Å². The van der Waals surface area contributed by atoms with Crippen molar-refractivity contribution in [2.24, 2.45) is 35.0 Å². The molecule has 0 aromatic carbocycles. The molecule has 14 nitrogen and oxygen atoms in total. The van der Waals surface area contributed by atoms with E-state index in [2.05, 4.69) is 0 Å². The Balaban J connectivity index is 1.87. The molecule has 0 spiro atoms. The Labute approximate surface area is 340 Å². The van der Waals surface area contributed by atoms with Crippen molar-refractivity contribution >= 4 is 23.5 Å². The van der Waals surface area contributed by atoms with E-state index in [1.54, 1.807) is 21.0 Å². The van der Waals surface area contributed by atoms with Crippen LogP contribution in [0.5, 0.6) is 0 Å². The molecule has 0 radical (unpaired) electrons. The maximum atomic E-state index is 14.6. The molecule has 57 heavy (non-hydrogen) atoms. The zero-order chi connectivity index (χ0) is 42.9. The summed E-state index contributed by atoms with van der Waals surface area (Å²) in [5, 5.41) is 11.7. The number of methoxy groups -OCH3 is 2. The fourth-order valence-electron chi connectivity index (χ4n) is 10.6. The highest BCUT2D eigenvalue weighted by Crippen LogP contribution is 2.51. The average molecular weight is 812 g/mol. The van der Waals surface area contributed by atoms with E-state index in [1.807, 2.05) is 74.4 Å². The number of esters is 2. The Morgan fingerprint density at radius 3 is 2.07 bits per heavy atom. The van der Waals surface area contributed by atoms with Crippen molar-refractivity contribution in [3.8, 4) is 0 Å². The van der Waals surface area contributed by atoms with Crippen molar-refractivity contribution in [3.05, 3.63) is 0 Å². The molecule has 0 aromatic heterocycles. The first-order valence-corrected chi connectivity index (χ1v) is 21.0. The van der Waals surface area contributed by atoms with Gasteiger partial charge in [0.1, 0.15) is 29.4 Å². The minimum absolute atomic E-state index is 0.0176. The van der Waals surface area contributed by atoms with E-state index in [4.69, 9.17) is 37.9 Å². The van der Waals surface area contributed by atoms with Gasteiger partial charge in [-0.25, -0.2) is 0 Å². The summed E-state index contributed by atoms with van der Waals surface area (Å²) >= 11 is 0. The number of Topliss-reactive ketones (excluding diaryl/α,β-unsaturated/α-hetero) is 2. The summed E-state index contributed by atoms with van der Waals surface area (Å²) in [7, 11) is 6.90. The van der Waals surface area contributed by atoms with Crippen LogP contribution in [0.15, 0.2) is 0 Å². The van der Waals surface area contributed by atoms with Crippen LogP contribution in [0.4, 0.5) is 0 Å². The third-order valence-corrected chi connectivity index (χ3v) is 14.0. The van der Waals surface area contributed by atoms with E-state index >= 15 is 0 Å². The van der Waals surface area contributed by atoms with Crippen molar-refractivity contribution in [1.82, 2.24) is 4.90 Å². The predicted molar refractivity (Wildman–Crippen MR) is 210 cm³/mol. The molecule has 1 N–H and O–H groups in total. The third kappa shape index (κ3) is 9.96. The summed E-state index contributed by atoms with van der Waals surface area (Å²) in [6.45, 7) is 20.0. The van der Waals surface area contributed by atoms with Crippen LogP contribution < -0.4 is 0 Å². The summed E-state index contributed by atoms with van der Waals surface area (Å²) in [5.41, 5.74) is -2.96. The quantitative estimate of drug-likeness (QED) is 0.313. The Bertz CT molecular complexity index is 1430. The number of likely N-dealkylation sites (N-methyl/N-ethyl adjacent to an activating group) is 1. The molecule has 3 unspecified atom stereocenters. The Morgan fingerprint density at radius 2 is 1.51 bits per heavy atom. The highest BCUT2D eigenvalue weighted by molar-refractivity contribution is 5.87. The van der Waals surface area contributed by atoms with Crippen molar-refractivity contribution < 1.29 is 62.2 Å². The second-order valence-corrected chi connectivity index (χ2v) is 18.6. The van der Waals surface area contributed by atoms with Gasteiger partial charge in [-0.3, -0.25) is 19.2 Å². The first kappa shape index (κ1) is 47.6. The van der Waals surface area contributed by atoms with Gasteiger partial charge >= 0.3 is 11.9 Å². The number of aliphatic hydroxyl groups is 1. The molecule has 0 bridgehead atoms. The zero-order valence-corrected chi connectivity index (χ0v) is 37.2. The molecule has 3 aliphatic heterocycles. The number of ether oxygens (including phenoxy) is 8. The predicted octanol–water partition coefficient (Wildman–Crippen LogP) is 4.88.